The highest BCUT2D eigenvalue weighted by Gasteiger charge is 2.45. The topological polar surface area (TPSA) is 160 Å². The Labute approximate surface area is 177 Å². The van der Waals surface area contributed by atoms with Gasteiger partial charge in [0, 0.05) is 6.42 Å². The molecule has 14 heteroatoms. The minimum absolute atomic E-state index is 0.0831. The average Bonchev–Trinajstić information content (AvgIpc) is 3.08. The highest BCUT2D eigenvalue weighted by Crippen LogP contribution is 2.56. The highest BCUT2D eigenvalue weighted by atomic mass is 35.5. The van der Waals surface area contributed by atoms with Gasteiger partial charge in [0.1, 0.15) is 30.2 Å². The molecule has 0 fully saturated rings. The van der Waals surface area contributed by atoms with Gasteiger partial charge in [0.15, 0.2) is 22.4 Å². The van der Waals surface area contributed by atoms with E-state index in [0.29, 0.717) is 0 Å². The van der Waals surface area contributed by atoms with E-state index < -0.39 is 44.2 Å². The van der Waals surface area contributed by atoms with Crippen molar-refractivity contribution in [2.75, 3.05) is 19.9 Å². The van der Waals surface area contributed by atoms with Gasteiger partial charge in [0.05, 0.1) is 19.5 Å². The lowest BCUT2D eigenvalue weighted by Gasteiger charge is -2.34. The van der Waals surface area contributed by atoms with Crippen molar-refractivity contribution >= 4 is 30.4 Å². The van der Waals surface area contributed by atoms with E-state index in [1.807, 2.05) is 0 Å². The number of alkyl halides is 1. The van der Waals surface area contributed by atoms with E-state index in [2.05, 4.69) is 15.0 Å². The molecule has 0 spiro atoms. The second kappa shape index (κ2) is 9.49. The van der Waals surface area contributed by atoms with Crippen LogP contribution in [0.15, 0.2) is 12.7 Å². The van der Waals surface area contributed by atoms with Crippen LogP contribution < -0.4 is 0 Å². The number of aliphatic hydroxyl groups is 3. The van der Waals surface area contributed by atoms with Gasteiger partial charge in [0.25, 0.3) is 0 Å². The minimum Gasteiger partial charge on any atom is -0.394 e. The quantitative estimate of drug-likeness (QED) is 0.279. The number of fused-ring (bicyclic) bond motifs is 1. The van der Waals surface area contributed by atoms with Gasteiger partial charge in [0.2, 0.25) is 0 Å². The fraction of sp³-hybridized carbons (Fsp3) is 0.688. The number of hydrogen-bond donors (Lipinski definition) is 4. The van der Waals surface area contributed by atoms with E-state index in [1.54, 1.807) is 0 Å². The predicted molar refractivity (Wildman–Crippen MR) is 105 cm³/mol. The largest absolute Gasteiger partial charge is 0.394 e. The Morgan fingerprint density at radius 3 is 2.57 bits per heavy atom. The summed E-state index contributed by atoms with van der Waals surface area (Å²) in [6.07, 6.45) is -0.301. The minimum atomic E-state index is -4.57. The number of hydrogen-bond acceptors (Lipinski definition) is 9. The van der Waals surface area contributed by atoms with Crippen LogP contribution in [0.4, 0.5) is 4.39 Å². The first-order chi connectivity index (χ1) is 13.8. The van der Waals surface area contributed by atoms with Crippen LogP contribution >= 0.6 is 19.2 Å². The van der Waals surface area contributed by atoms with Gasteiger partial charge in [-0.25, -0.2) is 19.3 Å². The zero-order chi connectivity index (χ0) is 22.7. The Morgan fingerprint density at radius 2 is 2.00 bits per heavy atom. The van der Waals surface area contributed by atoms with Crippen molar-refractivity contribution in [2.45, 2.75) is 50.5 Å². The normalized spacial score (nSPS) is 18.7. The molecule has 0 radical (unpaired) electrons. The molecule has 30 heavy (non-hydrogen) atoms. The molecule has 11 nitrogen and oxygen atoms in total. The molecule has 0 saturated heterocycles. The van der Waals surface area contributed by atoms with Crippen molar-refractivity contribution in [3.63, 3.8) is 0 Å². The Morgan fingerprint density at radius 1 is 1.33 bits per heavy atom. The summed E-state index contributed by atoms with van der Waals surface area (Å²) in [5, 5.41) is 27.3. The SMILES string of the molecule is CC(CF)(CCO[C@H]([C@H](O)CO)n1cnc2c(Cl)ncnc21)OP(=O)(O)C(C)(C)O. The molecule has 4 N–H and O–H groups in total. The Hall–Kier alpha value is -1.24. The third-order valence-corrected chi connectivity index (χ3v) is 6.69. The summed E-state index contributed by atoms with van der Waals surface area (Å²) in [6, 6.07) is 0. The van der Waals surface area contributed by atoms with Gasteiger partial charge in [-0.1, -0.05) is 11.6 Å². The molecular formula is C16H25ClFN4O7P. The van der Waals surface area contributed by atoms with Crippen molar-refractivity contribution in [3.8, 4) is 0 Å². The van der Waals surface area contributed by atoms with Crippen LogP contribution in [0.3, 0.4) is 0 Å². The van der Waals surface area contributed by atoms with Gasteiger partial charge in [-0.15, -0.1) is 0 Å². The monoisotopic (exact) mass is 470 g/mol. The summed E-state index contributed by atoms with van der Waals surface area (Å²) < 4.78 is 37.8. The molecule has 2 unspecified atom stereocenters. The van der Waals surface area contributed by atoms with Gasteiger partial charge in [-0.05, 0) is 20.8 Å². The highest BCUT2D eigenvalue weighted by molar-refractivity contribution is 7.54. The predicted octanol–water partition coefficient (Wildman–Crippen LogP) is 1.40. The standard InChI is InChI=1S/C16H25ClFN4O7P/c1-15(2,25)30(26,27)29-16(3,7-18)4-5-28-14(10(24)6-23)22-9-21-11-12(17)19-8-20-13(11)22/h8-10,14,23-25H,4-7H2,1-3H3,(H,26,27)/t10-,14-,16?/m1/s1. The summed E-state index contributed by atoms with van der Waals surface area (Å²) >= 11 is 5.96. The number of rotatable bonds is 11. The lowest BCUT2D eigenvalue weighted by Crippen LogP contribution is -2.37. The van der Waals surface area contributed by atoms with Crippen LogP contribution in [0.25, 0.3) is 11.2 Å². The fourth-order valence-corrected chi connectivity index (χ4v) is 3.56. The molecular weight excluding hydrogens is 446 g/mol. The number of halogens is 2. The maximum absolute atomic E-state index is 13.6. The molecule has 0 aromatic carbocycles. The maximum atomic E-state index is 13.6. The molecule has 0 aliphatic carbocycles. The van der Waals surface area contributed by atoms with Gasteiger partial charge < -0.3 is 24.9 Å². The van der Waals surface area contributed by atoms with Crippen molar-refractivity contribution in [1.29, 1.82) is 0 Å². The molecule has 2 heterocycles. The van der Waals surface area contributed by atoms with Crippen molar-refractivity contribution in [3.05, 3.63) is 17.8 Å². The van der Waals surface area contributed by atoms with E-state index in [4.69, 9.17) is 20.9 Å². The third-order valence-electron chi connectivity index (χ3n) is 4.34. The fourth-order valence-electron chi connectivity index (χ4n) is 2.42. The summed E-state index contributed by atoms with van der Waals surface area (Å²) in [7, 11) is -4.57. The molecule has 0 aliphatic rings. The van der Waals surface area contributed by atoms with E-state index in [-0.39, 0.29) is 29.3 Å². The molecule has 2 aromatic heterocycles. The van der Waals surface area contributed by atoms with Gasteiger partial charge in [-0.3, -0.25) is 13.7 Å². The number of ether oxygens (including phenoxy) is 1. The molecule has 0 aliphatic heterocycles. The van der Waals surface area contributed by atoms with Crippen LogP contribution in [0.1, 0.15) is 33.4 Å². The third kappa shape index (κ3) is 5.51. The second-order valence-corrected chi connectivity index (χ2v) is 10.1. The zero-order valence-corrected chi connectivity index (χ0v) is 18.3. The number of nitrogens with zero attached hydrogens (tertiary/aromatic N) is 4. The van der Waals surface area contributed by atoms with Crippen LogP contribution in [0.5, 0.6) is 0 Å². The molecule has 4 atom stereocenters. The maximum Gasteiger partial charge on any atom is 0.359 e. The van der Waals surface area contributed by atoms with Crippen LogP contribution in [0, 0.1) is 0 Å². The Kier molecular flexibility index (Phi) is 7.92. The molecule has 2 aromatic rings. The second-order valence-electron chi connectivity index (χ2n) is 7.44. The van der Waals surface area contributed by atoms with Crippen LogP contribution in [-0.2, 0) is 13.8 Å². The zero-order valence-electron chi connectivity index (χ0n) is 16.6. The number of imidazole rings is 1. The number of aliphatic hydroxyl groups excluding tert-OH is 2. The molecule has 2 rings (SSSR count). The Balaban J connectivity index is 2.18. The summed E-state index contributed by atoms with van der Waals surface area (Å²) in [6.45, 7) is 1.36. The van der Waals surface area contributed by atoms with Crippen molar-refractivity contribution < 1.29 is 38.4 Å². The molecule has 0 saturated carbocycles. The Bertz CT molecular complexity index is 911. The van der Waals surface area contributed by atoms with Gasteiger partial charge in [-0.2, -0.15) is 0 Å². The first-order valence-electron chi connectivity index (χ1n) is 8.91. The smallest absolute Gasteiger partial charge is 0.359 e. The lowest BCUT2D eigenvalue weighted by molar-refractivity contribution is -0.108. The average molecular weight is 471 g/mol. The van der Waals surface area contributed by atoms with Crippen molar-refractivity contribution in [2.24, 2.45) is 0 Å². The summed E-state index contributed by atoms with van der Waals surface area (Å²) in [5.41, 5.74) is -1.26. The van der Waals surface area contributed by atoms with Gasteiger partial charge >= 0.3 is 7.60 Å². The first-order valence-corrected chi connectivity index (χ1v) is 10.9. The first kappa shape index (κ1) is 25.0. The van der Waals surface area contributed by atoms with E-state index >= 15 is 0 Å². The lowest BCUT2D eigenvalue weighted by atomic mass is 10.1. The van der Waals surface area contributed by atoms with E-state index in [0.717, 1.165) is 13.8 Å². The summed E-state index contributed by atoms with van der Waals surface area (Å²) in [4.78, 5) is 21.8. The number of aromatic nitrogens is 4. The van der Waals surface area contributed by atoms with Crippen molar-refractivity contribution in [1.82, 2.24) is 19.5 Å². The van der Waals surface area contributed by atoms with Crippen LogP contribution in [0.2, 0.25) is 5.15 Å². The molecule has 0 bridgehead atoms. The molecule has 170 valence electrons. The van der Waals surface area contributed by atoms with E-state index in [1.165, 1.54) is 24.1 Å². The van der Waals surface area contributed by atoms with Crippen LogP contribution in [-0.4, -0.2) is 76.7 Å². The summed E-state index contributed by atoms with van der Waals surface area (Å²) in [5.74, 6) is 0. The van der Waals surface area contributed by atoms with E-state index in [9.17, 15) is 29.2 Å². The molecule has 0 amide bonds.